The van der Waals surface area contributed by atoms with E-state index in [1.807, 2.05) is 0 Å². The molecule has 0 unspecified atom stereocenters. The van der Waals surface area contributed by atoms with Crippen molar-refractivity contribution in [1.29, 1.82) is 0 Å². The Bertz CT molecular complexity index is 873. The number of nitrogens with one attached hydrogen (secondary N) is 2. The number of halogens is 1. The highest BCUT2D eigenvalue weighted by Crippen LogP contribution is 2.30. The van der Waals surface area contributed by atoms with Crippen molar-refractivity contribution in [3.63, 3.8) is 0 Å². The van der Waals surface area contributed by atoms with E-state index in [2.05, 4.69) is 10.6 Å². The summed E-state index contributed by atoms with van der Waals surface area (Å²) in [6, 6.07) is 10.3. The molecule has 2 rings (SSSR count). The van der Waals surface area contributed by atoms with Crippen molar-refractivity contribution in [2.24, 2.45) is 0 Å². The van der Waals surface area contributed by atoms with Gasteiger partial charge in [-0.05, 0) is 13.0 Å². The van der Waals surface area contributed by atoms with Crippen molar-refractivity contribution in [2.45, 2.75) is 13.0 Å². The van der Waals surface area contributed by atoms with Gasteiger partial charge < -0.3 is 20.5 Å². The predicted molar refractivity (Wildman–Crippen MR) is 104 cm³/mol. The number of amides is 3. The van der Waals surface area contributed by atoms with E-state index in [1.165, 1.54) is 19.2 Å². The lowest BCUT2D eigenvalue weighted by atomic mass is 10.1. The highest BCUT2D eigenvalue weighted by Gasteiger charge is 2.28. The Labute approximate surface area is 166 Å². The smallest absolute Gasteiger partial charge is 0.343 e. The maximum absolute atomic E-state index is 12.7. The molecule has 0 radical (unpaired) electrons. The van der Waals surface area contributed by atoms with Gasteiger partial charge in [0.15, 0.2) is 0 Å². The Morgan fingerprint density at radius 3 is 2.46 bits per heavy atom. The first kappa shape index (κ1) is 21.0. The van der Waals surface area contributed by atoms with E-state index in [0.29, 0.717) is 12.1 Å². The van der Waals surface area contributed by atoms with Gasteiger partial charge in [0.2, 0.25) is 6.10 Å². The Morgan fingerprint density at radius 2 is 1.86 bits per heavy atom. The van der Waals surface area contributed by atoms with Gasteiger partial charge in [-0.2, -0.15) is 0 Å². The molecule has 3 amide bonds. The van der Waals surface area contributed by atoms with Gasteiger partial charge >= 0.3 is 12.0 Å². The molecule has 0 fully saturated rings. The van der Waals surface area contributed by atoms with Crippen molar-refractivity contribution in [1.82, 2.24) is 10.6 Å². The highest BCUT2D eigenvalue weighted by molar-refractivity contribution is 6.33. The van der Waals surface area contributed by atoms with E-state index in [-0.39, 0.29) is 22.0 Å². The topological polar surface area (TPSA) is 120 Å². The Hall–Kier alpha value is -3.26. The highest BCUT2D eigenvalue weighted by atomic mass is 35.5. The minimum atomic E-state index is -1.36. The minimum absolute atomic E-state index is 0.00607. The third kappa shape index (κ3) is 5.14. The zero-order valence-corrected chi connectivity index (χ0v) is 16.1. The average Bonchev–Trinajstić information content (AvgIpc) is 2.68. The van der Waals surface area contributed by atoms with Crippen LogP contribution < -0.4 is 21.1 Å². The second kappa shape index (κ2) is 9.61. The second-order valence-electron chi connectivity index (χ2n) is 5.62. The molecule has 0 aromatic heterocycles. The molecular weight excluding hydrogens is 386 g/mol. The van der Waals surface area contributed by atoms with Crippen molar-refractivity contribution in [3.8, 4) is 5.75 Å². The molecule has 8 nitrogen and oxygen atoms in total. The molecule has 0 saturated carbocycles. The number of esters is 1. The lowest BCUT2D eigenvalue weighted by Crippen LogP contribution is -2.42. The molecule has 0 aliphatic heterocycles. The van der Waals surface area contributed by atoms with E-state index in [0.717, 1.165) is 0 Å². The van der Waals surface area contributed by atoms with Crippen molar-refractivity contribution in [2.75, 3.05) is 19.4 Å². The number of hydrogen-bond acceptors (Lipinski definition) is 6. The molecule has 4 N–H and O–H groups in total. The molecule has 0 spiro atoms. The summed E-state index contributed by atoms with van der Waals surface area (Å²) >= 11 is 5.99. The van der Waals surface area contributed by atoms with Gasteiger partial charge in [0.05, 0.1) is 17.8 Å². The van der Waals surface area contributed by atoms with E-state index in [9.17, 15) is 14.4 Å². The minimum Gasteiger partial charge on any atom is -0.496 e. The fourth-order valence-electron chi connectivity index (χ4n) is 2.35. The van der Waals surface area contributed by atoms with Crippen LogP contribution in [0.4, 0.5) is 10.5 Å². The van der Waals surface area contributed by atoms with E-state index < -0.39 is 24.0 Å². The molecule has 2 aromatic rings. The van der Waals surface area contributed by atoms with Gasteiger partial charge in [0.1, 0.15) is 11.3 Å². The molecule has 148 valence electrons. The summed E-state index contributed by atoms with van der Waals surface area (Å²) in [7, 11) is 1.36. The number of nitrogen functional groups attached to an aromatic ring is 1. The first-order valence-corrected chi connectivity index (χ1v) is 8.72. The van der Waals surface area contributed by atoms with Crippen LogP contribution in [0.1, 0.15) is 28.9 Å². The summed E-state index contributed by atoms with van der Waals surface area (Å²) in [5.41, 5.74) is 6.32. The fraction of sp³-hybridized carbons (Fsp3) is 0.211. The number of carbonyl (C=O) groups is 3. The third-order valence-corrected chi connectivity index (χ3v) is 4.01. The number of hydrogen-bond donors (Lipinski definition) is 3. The largest absolute Gasteiger partial charge is 0.496 e. The standard InChI is InChI=1S/C19H20ClN3O5/c1-3-22-19(26)23-17(24)16(11-7-5-4-6-8-11)28-18(25)12-9-13(20)14(21)10-15(12)27-2/h4-10,16H,3,21H2,1-2H3,(H2,22,23,24,26)/t16-/m1/s1. The summed E-state index contributed by atoms with van der Waals surface area (Å²) in [4.78, 5) is 36.9. The molecule has 0 bridgehead atoms. The average molecular weight is 406 g/mol. The maximum Gasteiger partial charge on any atom is 0.343 e. The maximum atomic E-state index is 12.7. The van der Waals surface area contributed by atoms with E-state index in [1.54, 1.807) is 37.3 Å². The number of imide groups is 1. The molecule has 0 aliphatic rings. The van der Waals surface area contributed by atoms with Crippen LogP contribution in [0.25, 0.3) is 0 Å². The van der Waals surface area contributed by atoms with Crippen LogP contribution in [0.2, 0.25) is 5.02 Å². The summed E-state index contributed by atoms with van der Waals surface area (Å²) in [5.74, 6) is -1.52. The van der Waals surface area contributed by atoms with Crippen LogP contribution in [0.15, 0.2) is 42.5 Å². The molecule has 28 heavy (non-hydrogen) atoms. The zero-order valence-electron chi connectivity index (χ0n) is 15.3. The van der Waals surface area contributed by atoms with Gasteiger partial charge in [-0.15, -0.1) is 0 Å². The van der Waals surface area contributed by atoms with Crippen molar-refractivity contribution in [3.05, 3.63) is 58.6 Å². The van der Waals surface area contributed by atoms with Crippen molar-refractivity contribution >= 4 is 35.2 Å². The first-order chi connectivity index (χ1) is 13.4. The number of benzene rings is 2. The number of methoxy groups -OCH3 is 1. The van der Waals surface area contributed by atoms with Gasteiger partial charge in [-0.1, -0.05) is 41.9 Å². The lowest BCUT2D eigenvalue weighted by Gasteiger charge is -2.19. The van der Waals surface area contributed by atoms with Gasteiger partial charge in [0.25, 0.3) is 5.91 Å². The van der Waals surface area contributed by atoms with E-state index in [4.69, 9.17) is 26.8 Å². The van der Waals surface area contributed by atoms with Crippen LogP contribution in [0.5, 0.6) is 5.75 Å². The first-order valence-electron chi connectivity index (χ1n) is 8.35. The Kier molecular flexibility index (Phi) is 7.22. The van der Waals surface area contributed by atoms with E-state index >= 15 is 0 Å². The molecule has 0 saturated heterocycles. The fourth-order valence-corrected chi connectivity index (χ4v) is 2.51. The number of anilines is 1. The quantitative estimate of drug-likeness (QED) is 0.502. The summed E-state index contributed by atoms with van der Waals surface area (Å²) < 4.78 is 10.5. The van der Waals surface area contributed by atoms with Gasteiger partial charge in [-0.3, -0.25) is 10.1 Å². The predicted octanol–water partition coefficient (Wildman–Crippen LogP) is 2.67. The number of nitrogens with two attached hydrogens (primary N) is 1. The van der Waals surface area contributed by atoms with Crippen LogP contribution >= 0.6 is 11.6 Å². The number of urea groups is 1. The molecule has 9 heteroatoms. The monoisotopic (exact) mass is 405 g/mol. The SMILES string of the molecule is CCNC(=O)NC(=O)[C@H](OC(=O)c1cc(Cl)c(N)cc1OC)c1ccccc1. The van der Waals surface area contributed by atoms with Crippen LogP contribution in [0.3, 0.4) is 0 Å². The lowest BCUT2D eigenvalue weighted by molar-refractivity contribution is -0.129. The Morgan fingerprint density at radius 1 is 1.18 bits per heavy atom. The van der Waals surface area contributed by atoms with Crippen LogP contribution in [0, 0.1) is 0 Å². The zero-order chi connectivity index (χ0) is 20.7. The number of carbonyl (C=O) groups excluding carboxylic acids is 3. The second-order valence-corrected chi connectivity index (χ2v) is 6.03. The number of ether oxygens (including phenoxy) is 2. The third-order valence-electron chi connectivity index (χ3n) is 3.68. The number of rotatable bonds is 6. The molecular formula is C19H20ClN3O5. The summed E-state index contributed by atoms with van der Waals surface area (Å²) in [6.45, 7) is 2.03. The molecule has 2 aromatic carbocycles. The molecule has 1 atom stereocenters. The van der Waals surface area contributed by atoms with Gasteiger partial charge in [-0.25, -0.2) is 9.59 Å². The summed E-state index contributed by atoms with van der Waals surface area (Å²) in [6.07, 6.45) is -1.36. The molecule has 0 aliphatic carbocycles. The Balaban J connectivity index is 2.32. The van der Waals surface area contributed by atoms with Crippen LogP contribution in [-0.2, 0) is 9.53 Å². The van der Waals surface area contributed by atoms with Crippen molar-refractivity contribution < 1.29 is 23.9 Å². The van der Waals surface area contributed by atoms with Crippen LogP contribution in [-0.4, -0.2) is 31.6 Å². The van der Waals surface area contributed by atoms with Gasteiger partial charge in [0, 0.05) is 18.2 Å². The normalized spacial score (nSPS) is 11.2. The summed E-state index contributed by atoms with van der Waals surface area (Å²) in [5, 5.41) is 4.71. The molecule has 0 heterocycles.